The fourth-order valence-electron chi connectivity index (χ4n) is 9.26. The summed E-state index contributed by atoms with van der Waals surface area (Å²) < 4.78 is 16.0. The number of rotatable bonds is 6. The molecule has 1 saturated carbocycles. The van der Waals surface area contributed by atoms with Gasteiger partial charge in [-0.1, -0.05) is 153 Å². The van der Waals surface area contributed by atoms with Gasteiger partial charge in [-0.3, -0.25) is 4.99 Å². The molecule has 0 saturated heterocycles. The van der Waals surface area contributed by atoms with Crippen LogP contribution in [0.4, 0.5) is 0 Å². The summed E-state index contributed by atoms with van der Waals surface area (Å²) in [6, 6.07) is 43.8. The smallest absolute Gasteiger partial charge is 0.510 e. The largest absolute Gasteiger partial charge is 2.00 e. The maximum Gasteiger partial charge on any atom is 2.00 e. The van der Waals surface area contributed by atoms with Crippen molar-refractivity contribution in [2.45, 2.75) is 77.4 Å². The van der Waals surface area contributed by atoms with Crippen LogP contribution in [-0.4, -0.2) is 21.5 Å². The summed E-state index contributed by atoms with van der Waals surface area (Å²) in [6.45, 7) is 8.90. The normalized spacial score (nSPS) is 18.7. The fraction of sp³-hybridized carbons (Fsp3) is 0.265. The molecule has 0 N–H and O–H groups in total. The number of aryl methyl sites for hydroxylation is 2. The Balaban J connectivity index is 0.00000397. The van der Waals surface area contributed by atoms with Crippen LogP contribution in [0.5, 0.6) is 11.5 Å². The Kier molecular flexibility index (Phi) is 9.05. The summed E-state index contributed by atoms with van der Waals surface area (Å²) in [6.07, 6.45) is 7.93. The van der Waals surface area contributed by atoms with E-state index >= 15 is 0 Å². The van der Waals surface area contributed by atoms with Crippen molar-refractivity contribution < 1.29 is 30.5 Å². The SMILES string of the molecule is Cc1cc2c3c(c1)c1cc(C)c(Oc4[c-]c(C5=N[C@H](C6CCCCC6)[C@@H](c6ccccc6)O5)cc(-c5ccccc5)c4)[c-]c1n3-c1ncccc1C2(C)C.[Pt+2]. The number of nitrogens with zero attached hydrogens (tertiary/aromatic N) is 3. The van der Waals surface area contributed by atoms with Gasteiger partial charge in [0.25, 0.3) is 0 Å². The Morgan fingerprint density at radius 2 is 1.55 bits per heavy atom. The quantitative estimate of drug-likeness (QED) is 0.156. The van der Waals surface area contributed by atoms with Gasteiger partial charge < -0.3 is 14.0 Å². The monoisotopic (exact) mass is 900 g/mol. The van der Waals surface area contributed by atoms with Gasteiger partial charge in [0.15, 0.2) is 0 Å². The number of aliphatic imine (C=N–C) groups is 1. The molecule has 2 aliphatic heterocycles. The summed E-state index contributed by atoms with van der Waals surface area (Å²) in [7, 11) is 0. The van der Waals surface area contributed by atoms with Crippen LogP contribution in [0.1, 0.15) is 85.4 Å². The molecule has 1 aliphatic carbocycles. The first kappa shape index (κ1) is 35.7. The third kappa shape index (κ3) is 6.03. The van der Waals surface area contributed by atoms with E-state index < -0.39 is 0 Å². The Labute approximate surface area is 337 Å². The molecule has 0 bridgehead atoms. The molecule has 10 rings (SSSR count). The summed E-state index contributed by atoms with van der Waals surface area (Å²) in [5.74, 6) is 3.33. The van der Waals surface area contributed by atoms with E-state index in [9.17, 15) is 0 Å². The van der Waals surface area contributed by atoms with Crippen molar-refractivity contribution in [2.24, 2.45) is 10.9 Å². The third-order valence-electron chi connectivity index (χ3n) is 12.0. The van der Waals surface area contributed by atoms with Crippen LogP contribution < -0.4 is 4.74 Å². The number of ether oxygens (including phenoxy) is 2. The van der Waals surface area contributed by atoms with Crippen LogP contribution in [0.3, 0.4) is 0 Å². The van der Waals surface area contributed by atoms with Gasteiger partial charge in [-0.2, -0.15) is 6.07 Å². The first-order valence-electron chi connectivity index (χ1n) is 19.4. The fourth-order valence-corrected chi connectivity index (χ4v) is 9.26. The molecule has 3 aliphatic rings. The summed E-state index contributed by atoms with van der Waals surface area (Å²) in [5, 5.41) is 2.36. The number of benzene rings is 5. The van der Waals surface area contributed by atoms with Crippen molar-refractivity contribution in [1.82, 2.24) is 9.55 Å². The van der Waals surface area contributed by atoms with E-state index in [0.717, 1.165) is 39.0 Å². The van der Waals surface area contributed by atoms with Gasteiger partial charge in [-0.25, -0.2) is 4.98 Å². The molecule has 0 unspecified atom stereocenters. The average Bonchev–Trinajstić information content (AvgIpc) is 3.78. The first-order valence-corrected chi connectivity index (χ1v) is 19.4. The van der Waals surface area contributed by atoms with E-state index in [2.05, 4.69) is 135 Å². The Morgan fingerprint density at radius 1 is 0.782 bits per heavy atom. The third-order valence-corrected chi connectivity index (χ3v) is 12.0. The second-order valence-corrected chi connectivity index (χ2v) is 16.0. The number of hydrogen-bond acceptors (Lipinski definition) is 4. The Morgan fingerprint density at radius 3 is 2.33 bits per heavy atom. The molecule has 2 atom stereocenters. The van der Waals surface area contributed by atoms with Gasteiger partial charge in [0, 0.05) is 34.2 Å². The zero-order valence-corrected chi connectivity index (χ0v) is 33.9. The van der Waals surface area contributed by atoms with E-state index in [1.807, 2.05) is 18.3 Å². The average molecular weight is 901 g/mol. The maximum atomic E-state index is 6.88. The minimum absolute atomic E-state index is 0. The maximum absolute atomic E-state index is 6.88. The Bertz CT molecular complexity index is 2600. The summed E-state index contributed by atoms with van der Waals surface area (Å²) >= 11 is 0. The van der Waals surface area contributed by atoms with Gasteiger partial charge in [-0.15, -0.1) is 23.1 Å². The molecule has 5 nitrogen and oxygen atoms in total. The van der Waals surface area contributed by atoms with E-state index in [4.69, 9.17) is 19.5 Å². The molecule has 0 amide bonds. The minimum atomic E-state index is -0.198. The van der Waals surface area contributed by atoms with Crippen molar-refractivity contribution in [1.29, 1.82) is 0 Å². The minimum Gasteiger partial charge on any atom is -0.510 e. The topological polar surface area (TPSA) is 48.6 Å². The summed E-state index contributed by atoms with van der Waals surface area (Å²) in [4.78, 5) is 10.3. The molecule has 0 radical (unpaired) electrons. The molecule has 55 heavy (non-hydrogen) atoms. The molecular weight excluding hydrogens is 858 g/mol. The molecule has 0 spiro atoms. The van der Waals surface area contributed by atoms with Gasteiger partial charge in [0.2, 0.25) is 0 Å². The Hall–Kier alpha value is -4.99. The van der Waals surface area contributed by atoms with Crippen molar-refractivity contribution in [2.75, 3.05) is 0 Å². The molecule has 2 aromatic heterocycles. The van der Waals surface area contributed by atoms with Crippen LogP contribution in [0.15, 0.2) is 114 Å². The van der Waals surface area contributed by atoms with E-state index in [0.29, 0.717) is 23.3 Å². The number of fused-ring (bicyclic) bond motifs is 5. The van der Waals surface area contributed by atoms with Gasteiger partial charge >= 0.3 is 21.1 Å². The van der Waals surface area contributed by atoms with Gasteiger partial charge in [-0.05, 0) is 53.8 Å². The molecule has 1 fully saturated rings. The van der Waals surface area contributed by atoms with Crippen LogP contribution >= 0.6 is 0 Å². The first-order chi connectivity index (χ1) is 26.3. The molecule has 276 valence electrons. The zero-order chi connectivity index (χ0) is 36.6. The van der Waals surface area contributed by atoms with E-state index in [1.165, 1.54) is 65.3 Å². The van der Waals surface area contributed by atoms with Crippen LogP contribution in [0, 0.1) is 31.9 Å². The predicted octanol–water partition coefficient (Wildman–Crippen LogP) is 12.0. The molecule has 4 heterocycles. The van der Waals surface area contributed by atoms with Gasteiger partial charge in [0.1, 0.15) is 17.8 Å². The van der Waals surface area contributed by atoms with Crippen LogP contribution in [-0.2, 0) is 31.2 Å². The van der Waals surface area contributed by atoms with Gasteiger partial charge in [0.05, 0.1) is 6.04 Å². The second-order valence-electron chi connectivity index (χ2n) is 16.0. The van der Waals surface area contributed by atoms with E-state index in [1.54, 1.807) is 0 Å². The van der Waals surface area contributed by atoms with Crippen molar-refractivity contribution in [3.8, 4) is 28.4 Å². The predicted molar refractivity (Wildman–Crippen MR) is 217 cm³/mol. The second kappa shape index (κ2) is 13.9. The molecule has 7 aromatic rings. The number of hydrogen-bond donors (Lipinski definition) is 0. The molecule has 5 aromatic carbocycles. The van der Waals surface area contributed by atoms with Crippen molar-refractivity contribution >= 4 is 27.7 Å². The van der Waals surface area contributed by atoms with Crippen LogP contribution in [0.2, 0.25) is 0 Å². The van der Waals surface area contributed by atoms with Crippen molar-refractivity contribution in [3.63, 3.8) is 0 Å². The zero-order valence-electron chi connectivity index (χ0n) is 31.6. The van der Waals surface area contributed by atoms with E-state index in [-0.39, 0.29) is 38.6 Å². The van der Waals surface area contributed by atoms with Crippen LogP contribution in [0.25, 0.3) is 38.8 Å². The summed E-state index contributed by atoms with van der Waals surface area (Å²) in [5.41, 5.74) is 10.8. The number of pyridine rings is 1. The molecular formula is C49H43N3O2Pt. The van der Waals surface area contributed by atoms with Crippen molar-refractivity contribution in [3.05, 3.63) is 155 Å². The molecule has 6 heteroatoms. The number of aromatic nitrogens is 2. The standard InChI is InChI=1S/C49H43N3O2.Pt/c1-30-23-39-38-25-31(2)43(29-42(38)52-45(39)41(24-30)49(3,4)40-21-14-22-50-47(40)52)53-37-27-35(32-15-8-5-9-16-32)26-36(28-37)48-51-44(33-17-10-6-11-18-33)46(54-48)34-19-12-7-13-20-34;/h5,7-9,12-16,19-27,33,44,46H,6,10-11,17-18H2,1-4H3;/q-2;+2/t44-,46-;/m1./s1.